The van der Waals surface area contributed by atoms with Crippen LogP contribution in [0, 0.1) is 5.92 Å². The Morgan fingerprint density at radius 2 is 1.64 bits per heavy atom. The average molecular weight is 213 g/mol. The topological polar surface area (TPSA) is 0 Å². The van der Waals surface area contributed by atoms with Crippen molar-refractivity contribution in [3.8, 4) is 0 Å². The molecule has 0 spiro atoms. The molecule has 1 atom stereocenters. The van der Waals surface area contributed by atoms with Gasteiger partial charge >= 0.3 is 0 Å². The maximum absolute atomic E-state index is 5.81. The van der Waals surface area contributed by atoms with Crippen LogP contribution in [0.3, 0.4) is 0 Å². The van der Waals surface area contributed by atoms with Crippen LogP contribution in [0.2, 0.25) is 0 Å². The van der Waals surface area contributed by atoms with Gasteiger partial charge in [-0.05, 0) is 5.92 Å². The molecule has 0 aromatic heterocycles. The Morgan fingerprint density at radius 1 is 1.09 bits per heavy atom. The molecule has 0 rings (SSSR count). The highest BCUT2D eigenvalue weighted by Gasteiger charge is 2.13. The Labute approximate surface area is 83.2 Å². The van der Waals surface area contributed by atoms with Gasteiger partial charge in [-0.15, -0.1) is 11.6 Å². The lowest BCUT2D eigenvalue weighted by atomic mass is 10.1. The summed E-state index contributed by atoms with van der Waals surface area (Å²) in [6.45, 7) is 8.87. The standard InChI is InChI=1S/C8H17ClS2/c1-6(2)8(5-9)11-10-7(3)4/h6-8H,5H2,1-4H3/t8-/m0/s1. The van der Waals surface area contributed by atoms with Crippen LogP contribution >= 0.6 is 33.2 Å². The Bertz CT molecular complexity index is 94.1. The van der Waals surface area contributed by atoms with Crippen LogP contribution < -0.4 is 0 Å². The minimum Gasteiger partial charge on any atom is -0.125 e. The zero-order chi connectivity index (χ0) is 8.85. The van der Waals surface area contributed by atoms with Crippen molar-refractivity contribution in [3.05, 3.63) is 0 Å². The van der Waals surface area contributed by atoms with E-state index in [9.17, 15) is 0 Å². The third-order valence-corrected chi connectivity index (χ3v) is 5.47. The molecule has 0 aliphatic rings. The summed E-state index contributed by atoms with van der Waals surface area (Å²) in [5, 5.41) is 1.30. The predicted octanol–water partition coefficient (Wildman–Crippen LogP) is 4.04. The molecule has 11 heavy (non-hydrogen) atoms. The predicted molar refractivity (Wildman–Crippen MR) is 59.7 cm³/mol. The summed E-state index contributed by atoms with van der Waals surface area (Å²) < 4.78 is 0. The van der Waals surface area contributed by atoms with Crippen LogP contribution in [-0.4, -0.2) is 16.4 Å². The van der Waals surface area contributed by atoms with E-state index in [1.54, 1.807) is 0 Å². The monoisotopic (exact) mass is 212 g/mol. The first-order valence-corrected chi connectivity index (χ1v) is 6.77. The fourth-order valence-electron chi connectivity index (χ4n) is 0.497. The van der Waals surface area contributed by atoms with E-state index in [2.05, 4.69) is 27.7 Å². The van der Waals surface area contributed by atoms with E-state index in [0.29, 0.717) is 16.4 Å². The number of hydrogen-bond donors (Lipinski definition) is 0. The minimum absolute atomic E-state index is 0.601. The maximum Gasteiger partial charge on any atom is 0.0353 e. The summed E-state index contributed by atoms with van der Waals surface area (Å²) in [6.07, 6.45) is 0. The average Bonchev–Trinajstić information content (AvgIpc) is 1.87. The highest BCUT2D eigenvalue weighted by atomic mass is 35.5. The quantitative estimate of drug-likeness (QED) is 0.499. The molecule has 0 fully saturated rings. The van der Waals surface area contributed by atoms with Gasteiger partial charge in [-0.25, -0.2) is 0 Å². The normalized spacial score (nSPS) is 14.5. The lowest BCUT2D eigenvalue weighted by Gasteiger charge is -2.17. The first kappa shape index (κ1) is 12.0. The molecule has 0 saturated heterocycles. The molecular weight excluding hydrogens is 196 g/mol. The fraction of sp³-hybridized carbons (Fsp3) is 1.00. The van der Waals surface area contributed by atoms with Crippen molar-refractivity contribution in [1.82, 2.24) is 0 Å². The van der Waals surface area contributed by atoms with Crippen LogP contribution in [-0.2, 0) is 0 Å². The molecule has 0 aliphatic heterocycles. The molecular formula is C8H17ClS2. The van der Waals surface area contributed by atoms with Crippen molar-refractivity contribution in [2.45, 2.75) is 38.2 Å². The Balaban J connectivity index is 3.52. The molecule has 0 amide bonds. The maximum atomic E-state index is 5.81. The van der Waals surface area contributed by atoms with Gasteiger partial charge in [0.2, 0.25) is 0 Å². The van der Waals surface area contributed by atoms with Crippen molar-refractivity contribution in [2.75, 3.05) is 5.88 Å². The second-order valence-electron chi connectivity index (χ2n) is 3.18. The van der Waals surface area contributed by atoms with Crippen molar-refractivity contribution in [3.63, 3.8) is 0 Å². The molecule has 68 valence electrons. The molecule has 0 saturated carbocycles. The van der Waals surface area contributed by atoms with E-state index in [1.807, 2.05) is 21.6 Å². The third kappa shape index (κ3) is 6.18. The summed E-state index contributed by atoms with van der Waals surface area (Å²) in [5.74, 6) is 1.45. The zero-order valence-electron chi connectivity index (χ0n) is 7.63. The number of rotatable bonds is 5. The lowest BCUT2D eigenvalue weighted by Crippen LogP contribution is -2.11. The minimum atomic E-state index is 0.601. The van der Waals surface area contributed by atoms with Gasteiger partial charge in [0.05, 0.1) is 0 Å². The highest BCUT2D eigenvalue weighted by molar-refractivity contribution is 8.77. The zero-order valence-corrected chi connectivity index (χ0v) is 10.0. The summed E-state index contributed by atoms with van der Waals surface area (Å²) >= 11 is 5.81. The van der Waals surface area contributed by atoms with E-state index in [1.165, 1.54) is 0 Å². The van der Waals surface area contributed by atoms with Gasteiger partial charge in [0, 0.05) is 16.4 Å². The first-order valence-electron chi connectivity index (χ1n) is 3.96. The second kappa shape index (κ2) is 6.50. The largest absolute Gasteiger partial charge is 0.125 e. The molecule has 0 nitrogen and oxygen atoms in total. The molecule has 0 aliphatic carbocycles. The molecule has 0 bridgehead atoms. The van der Waals surface area contributed by atoms with Gasteiger partial charge in [-0.2, -0.15) is 0 Å². The molecule has 0 heterocycles. The smallest absolute Gasteiger partial charge is 0.0353 e. The molecule has 3 heteroatoms. The number of halogens is 1. The summed E-state index contributed by atoms with van der Waals surface area (Å²) in [5.41, 5.74) is 0. The molecule has 0 N–H and O–H groups in total. The molecule has 0 aromatic rings. The van der Waals surface area contributed by atoms with Gasteiger partial charge in [0.25, 0.3) is 0 Å². The van der Waals surface area contributed by atoms with Crippen molar-refractivity contribution in [1.29, 1.82) is 0 Å². The SMILES string of the molecule is CC(C)SS[C@@H](CCl)C(C)C. The fourth-order valence-corrected chi connectivity index (χ4v) is 3.87. The molecule has 0 unspecified atom stereocenters. The third-order valence-electron chi connectivity index (χ3n) is 1.27. The van der Waals surface area contributed by atoms with Crippen LogP contribution in [0.4, 0.5) is 0 Å². The van der Waals surface area contributed by atoms with E-state index >= 15 is 0 Å². The number of hydrogen-bond acceptors (Lipinski definition) is 2. The van der Waals surface area contributed by atoms with Gasteiger partial charge in [-0.3, -0.25) is 0 Å². The van der Waals surface area contributed by atoms with Crippen LogP contribution in [0.1, 0.15) is 27.7 Å². The van der Waals surface area contributed by atoms with Crippen LogP contribution in [0.25, 0.3) is 0 Å². The lowest BCUT2D eigenvalue weighted by molar-refractivity contribution is 0.649. The van der Waals surface area contributed by atoms with Crippen LogP contribution in [0.15, 0.2) is 0 Å². The Kier molecular flexibility index (Phi) is 7.08. The molecule has 0 radical (unpaired) electrons. The highest BCUT2D eigenvalue weighted by Crippen LogP contribution is 2.34. The summed E-state index contributed by atoms with van der Waals surface area (Å²) in [6, 6.07) is 0. The first-order chi connectivity index (χ1) is 5.07. The van der Waals surface area contributed by atoms with Crippen molar-refractivity contribution < 1.29 is 0 Å². The van der Waals surface area contributed by atoms with E-state index < -0.39 is 0 Å². The second-order valence-corrected chi connectivity index (χ2v) is 6.57. The Morgan fingerprint density at radius 3 is 1.91 bits per heavy atom. The molecule has 0 aromatic carbocycles. The van der Waals surface area contributed by atoms with Gasteiger partial charge < -0.3 is 0 Å². The van der Waals surface area contributed by atoms with Gasteiger partial charge in [0.15, 0.2) is 0 Å². The Hall–Kier alpha value is 0.990. The van der Waals surface area contributed by atoms with E-state index in [-0.39, 0.29) is 0 Å². The van der Waals surface area contributed by atoms with E-state index in [0.717, 1.165) is 5.88 Å². The van der Waals surface area contributed by atoms with Crippen molar-refractivity contribution >= 4 is 33.2 Å². The number of alkyl halides is 1. The van der Waals surface area contributed by atoms with E-state index in [4.69, 9.17) is 11.6 Å². The van der Waals surface area contributed by atoms with Crippen molar-refractivity contribution in [2.24, 2.45) is 5.92 Å². The summed E-state index contributed by atoms with van der Waals surface area (Å²) in [4.78, 5) is 0. The van der Waals surface area contributed by atoms with Gasteiger partial charge in [0.1, 0.15) is 0 Å². The van der Waals surface area contributed by atoms with Gasteiger partial charge in [-0.1, -0.05) is 49.3 Å². The summed E-state index contributed by atoms with van der Waals surface area (Å²) in [7, 11) is 3.85. The van der Waals surface area contributed by atoms with Crippen LogP contribution in [0.5, 0.6) is 0 Å².